The summed E-state index contributed by atoms with van der Waals surface area (Å²) in [4.78, 5) is 0. The Labute approximate surface area is 75.8 Å². The van der Waals surface area contributed by atoms with Crippen LogP contribution in [0.15, 0.2) is 17.5 Å². The van der Waals surface area contributed by atoms with Crippen molar-refractivity contribution in [3.05, 3.63) is 28.6 Å². The smallest absolute Gasteiger partial charge is 0.0405 e. The topological polar surface area (TPSA) is 26.0 Å². The van der Waals surface area contributed by atoms with Gasteiger partial charge in [-0.3, -0.25) is 0 Å². The fraction of sp³-hybridized carbons (Fsp3) is 0.200. The second kappa shape index (κ2) is 2.49. The average molecular weight is 177 g/mol. The van der Waals surface area contributed by atoms with E-state index in [2.05, 4.69) is 25.3 Å². The molecule has 0 aliphatic rings. The molecule has 0 radical (unpaired) electrons. The summed E-state index contributed by atoms with van der Waals surface area (Å²) in [5, 5.41) is 3.40. The standard InChI is InChI=1S/C10H11NS/c1-6-3-4-8(11)9-7(2)5-12-10(6)9/h3-5H,11H2,1-2H3. The molecule has 0 spiro atoms. The molecule has 2 rings (SSSR count). The molecule has 0 saturated carbocycles. The largest absolute Gasteiger partial charge is 0.398 e. The minimum atomic E-state index is 0.898. The third kappa shape index (κ3) is 0.916. The first-order valence-electron chi connectivity index (χ1n) is 3.93. The lowest BCUT2D eigenvalue weighted by Crippen LogP contribution is -1.86. The average Bonchev–Trinajstić information content (AvgIpc) is 2.42. The maximum atomic E-state index is 5.88. The molecular formula is C10H11NS. The number of thiophene rings is 1. The summed E-state index contributed by atoms with van der Waals surface area (Å²) in [6, 6.07) is 4.06. The number of benzene rings is 1. The summed E-state index contributed by atoms with van der Waals surface area (Å²) in [6.07, 6.45) is 0. The number of nitrogen functional groups attached to an aromatic ring is 1. The van der Waals surface area contributed by atoms with Gasteiger partial charge >= 0.3 is 0 Å². The lowest BCUT2D eigenvalue weighted by atomic mass is 10.1. The van der Waals surface area contributed by atoms with Gasteiger partial charge < -0.3 is 5.73 Å². The van der Waals surface area contributed by atoms with Gasteiger partial charge in [-0.25, -0.2) is 0 Å². The lowest BCUT2D eigenvalue weighted by molar-refractivity contribution is 1.54. The molecule has 2 heteroatoms. The van der Waals surface area contributed by atoms with E-state index in [4.69, 9.17) is 5.73 Å². The minimum Gasteiger partial charge on any atom is -0.398 e. The van der Waals surface area contributed by atoms with Crippen molar-refractivity contribution in [1.82, 2.24) is 0 Å². The van der Waals surface area contributed by atoms with E-state index in [-0.39, 0.29) is 0 Å². The Kier molecular flexibility index (Phi) is 1.58. The maximum absolute atomic E-state index is 5.88. The van der Waals surface area contributed by atoms with Gasteiger partial charge in [-0.2, -0.15) is 0 Å². The molecule has 1 nitrogen and oxygen atoms in total. The molecule has 1 aromatic heterocycles. The fourth-order valence-electron chi connectivity index (χ4n) is 1.47. The summed E-state index contributed by atoms with van der Waals surface area (Å²) < 4.78 is 1.33. The summed E-state index contributed by atoms with van der Waals surface area (Å²) in [7, 11) is 0. The molecule has 0 saturated heterocycles. The van der Waals surface area contributed by atoms with E-state index in [0.29, 0.717) is 0 Å². The first-order chi connectivity index (χ1) is 5.70. The highest BCUT2D eigenvalue weighted by atomic mass is 32.1. The Hall–Kier alpha value is -1.02. The predicted octanol–water partition coefficient (Wildman–Crippen LogP) is 3.10. The molecule has 0 aliphatic heterocycles. The third-order valence-corrected chi connectivity index (χ3v) is 3.37. The molecule has 0 bridgehead atoms. The van der Waals surface area contributed by atoms with Gasteiger partial charge in [0.15, 0.2) is 0 Å². The second-order valence-corrected chi connectivity index (χ2v) is 3.97. The number of hydrogen-bond acceptors (Lipinski definition) is 2. The van der Waals surface area contributed by atoms with Gasteiger partial charge in [0, 0.05) is 15.8 Å². The van der Waals surface area contributed by atoms with Crippen LogP contribution in [0.4, 0.5) is 5.69 Å². The first kappa shape index (κ1) is 7.62. The molecule has 0 atom stereocenters. The Morgan fingerprint density at radius 1 is 1.17 bits per heavy atom. The van der Waals surface area contributed by atoms with Gasteiger partial charge in [0.05, 0.1) is 0 Å². The van der Waals surface area contributed by atoms with Crippen LogP contribution in [-0.4, -0.2) is 0 Å². The number of aryl methyl sites for hydroxylation is 2. The number of nitrogens with two attached hydrogens (primary N) is 1. The SMILES string of the molecule is Cc1ccc(N)c2c(C)csc12. The van der Waals surface area contributed by atoms with Crippen LogP contribution in [0.5, 0.6) is 0 Å². The van der Waals surface area contributed by atoms with Gasteiger partial charge in [-0.05, 0) is 36.4 Å². The van der Waals surface area contributed by atoms with Crippen LogP contribution in [0.2, 0.25) is 0 Å². The van der Waals surface area contributed by atoms with Crippen LogP contribution in [0.3, 0.4) is 0 Å². The molecule has 0 amide bonds. The number of anilines is 1. The van der Waals surface area contributed by atoms with Crippen molar-refractivity contribution in [3.8, 4) is 0 Å². The van der Waals surface area contributed by atoms with Crippen LogP contribution in [0.1, 0.15) is 11.1 Å². The summed E-state index contributed by atoms with van der Waals surface area (Å²) in [5.41, 5.74) is 9.38. The van der Waals surface area contributed by atoms with E-state index in [1.54, 1.807) is 11.3 Å². The predicted molar refractivity (Wildman–Crippen MR) is 55.7 cm³/mol. The van der Waals surface area contributed by atoms with Crippen molar-refractivity contribution in [2.75, 3.05) is 5.73 Å². The third-order valence-electron chi connectivity index (χ3n) is 2.13. The molecule has 0 fully saturated rings. The summed E-state index contributed by atoms with van der Waals surface area (Å²) >= 11 is 1.77. The van der Waals surface area contributed by atoms with Crippen LogP contribution in [-0.2, 0) is 0 Å². The van der Waals surface area contributed by atoms with E-state index in [1.165, 1.54) is 21.2 Å². The van der Waals surface area contributed by atoms with Gasteiger partial charge in [0.25, 0.3) is 0 Å². The zero-order valence-electron chi connectivity index (χ0n) is 7.22. The second-order valence-electron chi connectivity index (χ2n) is 3.09. The maximum Gasteiger partial charge on any atom is 0.0405 e. The van der Waals surface area contributed by atoms with E-state index < -0.39 is 0 Å². The Morgan fingerprint density at radius 3 is 2.58 bits per heavy atom. The Balaban J connectivity index is 2.98. The van der Waals surface area contributed by atoms with E-state index in [1.807, 2.05) is 6.07 Å². The molecule has 1 heterocycles. The van der Waals surface area contributed by atoms with E-state index >= 15 is 0 Å². The van der Waals surface area contributed by atoms with Crippen LogP contribution >= 0.6 is 11.3 Å². The van der Waals surface area contributed by atoms with Crippen molar-refractivity contribution in [3.63, 3.8) is 0 Å². The van der Waals surface area contributed by atoms with Crippen LogP contribution in [0.25, 0.3) is 10.1 Å². The fourth-order valence-corrected chi connectivity index (χ4v) is 2.53. The lowest BCUT2D eigenvalue weighted by Gasteiger charge is -2.00. The number of rotatable bonds is 0. The van der Waals surface area contributed by atoms with Crippen molar-refractivity contribution in [2.45, 2.75) is 13.8 Å². The quantitative estimate of drug-likeness (QED) is 0.615. The molecule has 62 valence electrons. The zero-order chi connectivity index (χ0) is 8.72. The molecule has 2 N–H and O–H groups in total. The molecular weight excluding hydrogens is 166 g/mol. The molecule has 1 aromatic carbocycles. The Morgan fingerprint density at radius 2 is 1.92 bits per heavy atom. The van der Waals surface area contributed by atoms with Crippen LogP contribution in [0, 0.1) is 13.8 Å². The van der Waals surface area contributed by atoms with Crippen molar-refractivity contribution < 1.29 is 0 Å². The van der Waals surface area contributed by atoms with Crippen molar-refractivity contribution in [2.24, 2.45) is 0 Å². The monoisotopic (exact) mass is 177 g/mol. The van der Waals surface area contributed by atoms with Crippen LogP contribution < -0.4 is 5.73 Å². The summed E-state index contributed by atoms with van der Waals surface area (Å²) in [5.74, 6) is 0. The van der Waals surface area contributed by atoms with E-state index in [0.717, 1.165) is 5.69 Å². The number of fused-ring (bicyclic) bond motifs is 1. The minimum absolute atomic E-state index is 0.898. The molecule has 12 heavy (non-hydrogen) atoms. The zero-order valence-corrected chi connectivity index (χ0v) is 8.03. The van der Waals surface area contributed by atoms with Gasteiger partial charge in [-0.15, -0.1) is 11.3 Å². The molecule has 2 aromatic rings. The van der Waals surface area contributed by atoms with Crippen molar-refractivity contribution in [1.29, 1.82) is 0 Å². The highest BCUT2D eigenvalue weighted by Crippen LogP contribution is 2.32. The summed E-state index contributed by atoms with van der Waals surface area (Å²) in [6.45, 7) is 4.23. The molecule has 0 aliphatic carbocycles. The van der Waals surface area contributed by atoms with Gasteiger partial charge in [-0.1, -0.05) is 6.07 Å². The van der Waals surface area contributed by atoms with E-state index in [9.17, 15) is 0 Å². The molecule has 0 unspecified atom stereocenters. The van der Waals surface area contributed by atoms with Crippen molar-refractivity contribution >= 4 is 27.1 Å². The highest BCUT2D eigenvalue weighted by molar-refractivity contribution is 7.17. The Bertz CT molecular complexity index is 429. The normalized spacial score (nSPS) is 10.8. The number of hydrogen-bond donors (Lipinski definition) is 1. The van der Waals surface area contributed by atoms with Gasteiger partial charge in [0.1, 0.15) is 0 Å². The first-order valence-corrected chi connectivity index (χ1v) is 4.81. The highest BCUT2D eigenvalue weighted by Gasteiger charge is 2.05. The van der Waals surface area contributed by atoms with Gasteiger partial charge in [0.2, 0.25) is 0 Å².